The molecule has 0 radical (unpaired) electrons. The van der Waals surface area contributed by atoms with Gasteiger partial charge in [-0.25, -0.2) is 0 Å². The molecule has 0 atom stereocenters. The number of fused-ring (bicyclic) bond motifs is 2. The summed E-state index contributed by atoms with van der Waals surface area (Å²) in [6.07, 6.45) is 1.78. The zero-order chi connectivity index (χ0) is 18.5. The van der Waals surface area contributed by atoms with Gasteiger partial charge < -0.3 is 4.74 Å². The van der Waals surface area contributed by atoms with Gasteiger partial charge in [0.1, 0.15) is 11.5 Å². The number of aromatic nitrogens is 1. The minimum atomic E-state index is 0.0363. The van der Waals surface area contributed by atoms with E-state index >= 15 is 0 Å². The van der Waals surface area contributed by atoms with Crippen LogP contribution in [0.3, 0.4) is 0 Å². The Balaban J connectivity index is 1.74. The fourth-order valence-electron chi connectivity index (χ4n) is 3.82. The van der Waals surface area contributed by atoms with Crippen molar-refractivity contribution in [2.24, 2.45) is 0 Å². The molecular weight excluding hydrogens is 334 g/mol. The molecule has 0 saturated heterocycles. The van der Waals surface area contributed by atoms with Gasteiger partial charge >= 0.3 is 0 Å². The van der Waals surface area contributed by atoms with Gasteiger partial charge in [-0.05, 0) is 43.7 Å². The molecule has 0 amide bonds. The van der Waals surface area contributed by atoms with Crippen LogP contribution in [-0.2, 0) is 0 Å². The first-order valence-corrected chi connectivity index (χ1v) is 8.94. The number of rotatable bonds is 2. The van der Waals surface area contributed by atoms with Gasteiger partial charge in [0.15, 0.2) is 5.78 Å². The Morgan fingerprint density at radius 2 is 1.59 bits per heavy atom. The summed E-state index contributed by atoms with van der Waals surface area (Å²) in [6, 6.07) is 19.4. The third kappa shape index (κ3) is 2.36. The van der Waals surface area contributed by atoms with Gasteiger partial charge in [-0.15, -0.1) is 0 Å². The van der Waals surface area contributed by atoms with E-state index in [-0.39, 0.29) is 5.78 Å². The Morgan fingerprint density at radius 3 is 2.41 bits per heavy atom. The summed E-state index contributed by atoms with van der Waals surface area (Å²) in [5.74, 6) is 1.59. The lowest BCUT2D eigenvalue weighted by molar-refractivity contribution is 0.104. The highest BCUT2D eigenvalue weighted by Gasteiger charge is 2.27. The van der Waals surface area contributed by atoms with Crippen molar-refractivity contribution in [2.45, 2.75) is 13.8 Å². The molecule has 0 saturated carbocycles. The van der Waals surface area contributed by atoms with Crippen LogP contribution in [0.25, 0.3) is 22.0 Å². The van der Waals surface area contributed by atoms with Crippen LogP contribution in [0.4, 0.5) is 0 Å². The summed E-state index contributed by atoms with van der Waals surface area (Å²) in [7, 11) is 0. The molecule has 1 aliphatic carbocycles. The summed E-state index contributed by atoms with van der Waals surface area (Å²) >= 11 is 0. The fourth-order valence-corrected chi connectivity index (χ4v) is 3.82. The Hall–Kier alpha value is -3.46. The molecule has 0 N–H and O–H groups in total. The number of ketones is 1. The second kappa shape index (κ2) is 5.78. The molecular formula is C24H17NO2. The first-order chi connectivity index (χ1) is 13.1. The Bertz CT molecular complexity index is 1240. The van der Waals surface area contributed by atoms with E-state index < -0.39 is 0 Å². The van der Waals surface area contributed by atoms with Crippen molar-refractivity contribution in [3.8, 4) is 22.8 Å². The minimum absolute atomic E-state index is 0.0363. The lowest BCUT2D eigenvalue weighted by Crippen LogP contribution is -2.11. The van der Waals surface area contributed by atoms with E-state index in [1.54, 1.807) is 6.20 Å². The van der Waals surface area contributed by atoms with E-state index in [1.165, 1.54) is 5.56 Å². The van der Waals surface area contributed by atoms with E-state index in [0.717, 1.165) is 39.1 Å². The zero-order valence-corrected chi connectivity index (χ0v) is 15.1. The van der Waals surface area contributed by atoms with Crippen molar-refractivity contribution in [1.29, 1.82) is 0 Å². The third-order valence-electron chi connectivity index (χ3n) is 5.11. The van der Waals surface area contributed by atoms with Crippen LogP contribution in [-0.4, -0.2) is 10.8 Å². The maximum atomic E-state index is 13.0. The van der Waals surface area contributed by atoms with Crippen molar-refractivity contribution >= 4 is 16.6 Å². The van der Waals surface area contributed by atoms with Gasteiger partial charge in [0.2, 0.25) is 0 Å². The van der Waals surface area contributed by atoms with Crippen molar-refractivity contribution < 1.29 is 9.53 Å². The average Bonchev–Trinajstić information content (AvgIpc) is 2.69. The number of aryl methyl sites for hydroxylation is 2. The SMILES string of the molecule is Cc1ccc(Oc2ccc3c4c(nccc24)-c2ccccc2C3=O)c(C)c1. The van der Waals surface area contributed by atoms with Crippen molar-refractivity contribution in [2.75, 3.05) is 0 Å². The van der Waals surface area contributed by atoms with Gasteiger partial charge in [-0.2, -0.15) is 0 Å². The lowest BCUT2D eigenvalue weighted by atomic mass is 9.85. The van der Waals surface area contributed by atoms with Crippen molar-refractivity contribution in [1.82, 2.24) is 4.98 Å². The average molecular weight is 351 g/mol. The second-order valence-electron chi connectivity index (χ2n) is 6.94. The van der Waals surface area contributed by atoms with Gasteiger partial charge in [0, 0.05) is 33.7 Å². The molecule has 0 aliphatic heterocycles. The molecule has 3 heteroatoms. The summed E-state index contributed by atoms with van der Waals surface area (Å²) in [5, 5.41) is 1.77. The van der Waals surface area contributed by atoms with Crippen LogP contribution in [0, 0.1) is 13.8 Å². The van der Waals surface area contributed by atoms with E-state index in [4.69, 9.17) is 4.74 Å². The fraction of sp³-hybridized carbons (Fsp3) is 0.0833. The van der Waals surface area contributed by atoms with Gasteiger partial charge in [-0.1, -0.05) is 42.0 Å². The molecule has 4 aromatic rings. The molecule has 0 bridgehead atoms. The molecule has 3 aromatic carbocycles. The monoisotopic (exact) mass is 351 g/mol. The zero-order valence-electron chi connectivity index (χ0n) is 15.1. The topological polar surface area (TPSA) is 39.2 Å². The standard InChI is InChI=1S/C24H17NO2/c1-14-7-9-20(15(2)13-14)27-21-10-8-19-22-18(21)11-12-25-23(22)16-5-3-4-6-17(16)24(19)26/h3-13H,1-2H3. The molecule has 5 rings (SSSR count). The second-order valence-corrected chi connectivity index (χ2v) is 6.94. The number of hydrogen-bond donors (Lipinski definition) is 0. The van der Waals surface area contributed by atoms with Crippen LogP contribution in [0.2, 0.25) is 0 Å². The highest BCUT2D eigenvalue weighted by Crippen LogP contribution is 2.42. The largest absolute Gasteiger partial charge is 0.456 e. The van der Waals surface area contributed by atoms with Crippen molar-refractivity contribution in [3.63, 3.8) is 0 Å². The van der Waals surface area contributed by atoms with E-state index in [9.17, 15) is 4.79 Å². The van der Waals surface area contributed by atoms with E-state index in [1.807, 2.05) is 61.5 Å². The molecule has 1 heterocycles. The van der Waals surface area contributed by atoms with Crippen LogP contribution in [0.15, 0.2) is 66.9 Å². The maximum absolute atomic E-state index is 13.0. The predicted molar refractivity (Wildman–Crippen MR) is 107 cm³/mol. The number of benzene rings is 3. The first-order valence-electron chi connectivity index (χ1n) is 8.94. The highest BCUT2D eigenvalue weighted by molar-refractivity contribution is 6.25. The Morgan fingerprint density at radius 1 is 0.815 bits per heavy atom. The highest BCUT2D eigenvalue weighted by atomic mass is 16.5. The van der Waals surface area contributed by atoms with Crippen LogP contribution in [0.5, 0.6) is 11.5 Å². The minimum Gasteiger partial charge on any atom is -0.456 e. The lowest BCUT2D eigenvalue weighted by Gasteiger charge is -2.20. The van der Waals surface area contributed by atoms with E-state index in [0.29, 0.717) is 11.1 Å². The number of ether oxygens (including phenoxy) is 1. The quantitative estimate of drug-likeness (QED) is 0.400. The maximum Gasteiger partial charge on any atom is 0.194 e. The van der Waals surface area contributed by atoms with Crippen LogP contribution in [0.1, 0.15) is 27.0 Å². The third-order valence-corrected chi connectivity index (χ3v) is 5.11. The molecule has 0 fully saturated rings. The van der Waals surface area contributed by atoms with Gasteiger partial charge in [0.05, 0.1) is 5.69 Å². The molecule has 0 spiro atoms. The smallest absolute Gasteiger partial charge is 0.194 e. The first kappa shape index (κ1) is 15.8. The number of pyridine rings is 1. The molecule has 3 nitrogen and oxygen atoms in total. The molecule has 27 heavy (non-hydrogen) atoms. The normalized spacial score (nSPS) is 12.1. The number of carbonyl (C=O) groups excluding carboxylic acids is 1. The van der Waals surface area contributed by atoms with Gasteiger partial charge in [-0.3, -0.25) is 9.78 Å². The molecule has 130 valence electrons. The molecule has 1 aliphatic rings. The van der Waals surface area contributed by atoms with Crippen LogP contribution >= 0.6 is 0 Å². The number of carbonyl (C=O) groups is 1. The van der Waals surface area contributed by atoms with Gasteiger partial charge in [0.25, 0.3) is 0 Å². The van der Waals surface area contributed by atoms with Crippen molar-refractivity contribution in [3.05, 3.63) is 89.1 Å². The van der Waals surface area contributed by atoms with E-state index in [2.05, 4.69) is 18.0 Å². The number of nitrogens with zero attached hydrogens (tertiary/aromatic N) is 1. The summed E-state index contributed by atoms with van der Waals surface area (Å²) in [6.45, 7) is 4.10. The predicted octanol–water partition coefficient (Wildman–Crippen LogP) is 5.86. The summed E-state index contributed by atoms with van der Waals surface area (Å²) in [5.41, 5.74) is 5.37. The molecule has 0 unspecified atom stereocenters. The Kier molecular flexibility index (Phi) is 3.37. The Labute approximate surface area is 157 Å². The summed E-state index contributed by atoms with van der Waals surface area (Å²) in [4.78, 5) is 17.6. The summed E-state index contributed by atoms with van der Waals surface area (Å²) < 4.78 is 6.24. The number of hydrogen-bond acceptors (Lipinski definition) is 3. The molecule has 1 aromatic heterocycles. The van der Waals surface area contributed by atoms with Crippen LogP contribution < -0.4 is 4.74 Å².